The van der Waals surface area contributed by atoms with E-state index in [4.69, 9.17) is 9.47 Å². The Labute approximate surface area is 110 Å². The van der Waals surface area contributed by atoms with Crippen LogP contribution in [0, 0.1) is 0 Å². The van der Waals surface area contributed by atoms with Crippen LogP contribution in [0.2, 0.25) is 0 Å². The number of carbonyl (C=O) groups is 1. The van der Waals surface area contributed by atoms with Gasteiger partial charge in [-0.1, -0.05) is 0 Å². The summed E-state index contributed by atoms with van der Waals surface area (Å²) in [5, 5.41) is 0. The van der Waals surface area contributed by atoms with Crippen LogP contribution in [0.15, 0.2) is 0 Å². The van der Waals surface area contributed by atoms with Gasteiger partial charge in [-0.2, -0.15) is 0 Å². The first-order valence-electron chi connectivity index (χ1n) is 6.76. The Bertz CT molecular complexity index is 340. The fourth-order valence-corrected chi connectivity index (χ4v) is 3.02. The molecule has 0 radical (unpaired) electrons. The van der Waals surface area contributed by atoms with Crippen molar-refractivity contribution in [2.24, 2.45) is 0 Å². The van der Waals surface area contributed by atoms with Gasteiger partial charge in [-0.25, -0.2) is 4.79 Å². The molecule has 2 fully saturated rings. The van der Waals surface area contributed by atoms with Crippen LogP contribution in [0.4, 0.5) is 4.79 Å². The smallest absolute Gasteiger partial charge is 0.410 e. The Morgan fingerprint density at radius 2 is 1.78 bits per heavy atom. The lowest BCUT2D eigenvalue weighted by Gasteiger charge is -2.34. The van der Waals surface area contributed by atoms with Gasteiger partial charge in [0.05, 0.1) is 17.7 Å². The van der Waals surface area contributed by atoms with Gasteiger partial charge in [-0.15, -0.1) is 0 Å². The number of hydrogen-bond acceptors (Lipinski definition) is 3. The summed E-state index contributed by atoms with van der Waals surface area (Å²) in [7, 11) is 0. The minimum atomic E-state index is -0.187. The van der Waals surface area contributed by atoms with Crippen molar-refractivity contribution in [3.63, 3.8) is 0 Å². The number of carbonyl (C=O) groups excluding carboxylic acids is 1. The molecule has 0 N–H and O–H groups in total. The summed E-state index contributed by atoms with van der Waals surface area (Å²) >= 11 is 0. The zero-order valence-electron chi connectivity index (χ0n) is 12.3. The molecule has 1 heterocycles. The maximum absolute atomic E-state index is 11.9. The van der Waals surface area contributed by atoms with Gasteiger partial charge < -0.3 is 9.47 Å². The average molecular weight is 255 g/mol. The van der Waals surface area contributed by atoms with Crippen molar-refractivity contribution in [3.8, 4) is 0 Å². The van der Waals surface area contributed by atoms with Gasteiger partial charge in [0.2, 0.25) is 0 Å². The van der Waals surface area contributed by atoms with Crippen LogP contribution in [-0.2, 0) is 9.47 Å². The van der Waals surface area contributed by atoms with E-state index >= 15 is 0 Å². The first-order chi connectivity index (χ1) is 8.08. The molecule has 1 aliphatic carbocycles. The molecule has 4 heteroatoms. The van der Waals surface area contributed by atoms with Crippen LogP contribution in [0.25, 0.3) is 0 Å². The molecule has 2 aliphatic rings. The van der Waals surface area contributed by atoms with Gasteiger partial charge in [0.25, 0.3) is 0 Å². The number of rotatable bonds is 1. The number of fused-ring (bicyclic) bond motifs is 1. The summed E-state index contributed by atoms with van der Waals surface area (Å²) in [6, 6.07) is 0.171. The highest BCUT2D eigenvalue weighted by atomic mass is 16.6. The molecule has 0 aromatic rings. The second kappa shape index (κ2) is 4.12. The summed E-state index contributed by atoms with van der Waals surface area (Å²) in [5.74, 6) is 0. The van der Waals surface area contributed by atoms with Gasteiger partial charge >= 0.3 is 6.09 Å². The lowest BCUT2D eigenvalue weighted by molar-refractivity contribution is -0.0636. The van der Waals surface area contributed by atoms with Crippen molar-refractivity contribution in [1.82, 2.24) is 4.90 Å². The van der Waals surface area contributed by atoms with Crippen LogP contribution >= 0.6 is 0 Å². The Morgan fingerprint density at radius 1 is 1.17 bits per heavy atom. The monoisotopic (exact) mass is 255 g/mol. The minimum absolute atomic E-state index is 0.00377. The van der Waals surface area contributed by atoms with E-state index in [1.807, 2.05) is 4.90 Å². The lowest BCUT2D eigenvalue weighted by atomic mass is 10.0. The number of nitrogens with zero attached hydrogens (tertiary/aromatic N) is 1. The van der Waals surface area contributed by atoms with Crippen molar-refractivity contribution < 1.29 is 14.3 Å². The largest absolute Gasteiger partial charge is 0.444 e. The number of hydrogen-bond donors (Lipinski definition) is 0. The van der Waals surface area contributed by atoms with Crippen molar-refractivity contribution in [1.29, 1.82) is 0 Å². The van der Waals surface area contributed by atoms with Crippen LogP contribution in [0.5, 0.6) is 0 Å². The first-order valence-corrected chi connectivity index (χ1v) is 6.76. The van der Waals surface area contributed by atoms with Crippen LogP contribution < -0.4 is 0 Å². The quantitative estimate of drug-likeness (QED) is 0.723. The number of ether oxygens (including phenoxy) is 2. The molecular weight excluding hydrogens is 230 g/mol. The third-order valence-electron chi connectivity index (χ3n) is 3.45. The van der Waals surface area contributed by atoms with Gasteiger partial charge in [-0.05, 0) is 48.0 Å². The average Bonchev–Trinajstić information content (AvgIpc) is 2.53. The van der Waals surface area contributed by atoms with E-state index in [9.17, 15) is 4.79 Å². The Hall–Kier alpha value is -0.770. The molecule has 1 aliphatic heterocycles. The normalized spacial score (nSPS) is 32.7. The molecule has 3 atom stereocenters. The zero-order valence-corrected chi connectivity index (χ0v) is 12.3. The molecule has 1 saturated heterocycles. The fourth-order valence-electron chi connectivity index (χ4n) is 3.02. The third kappa shape index (κ3) is 2.63. The molecule has 1 saturated carbocycles. The highest BCUT2D eigenvalue weighted by Crippen LogP contribution is 2.39. The van der Waals surface area contributed by atoms with E-state index < -0.39 is 0 Å². The van der Waals surface area contributed by atoms with E-state index in [2.05, 4.69) is 41.5 Å². The number of amides is 1. The first kappa shape index (κ1) is 13.7. The maximum atomic E-state index is 11.9. The predicted octanol–water partition coefficient (Wildman–Crippen LogP) is 2.95. The van der Waals surface area contributed by atoms with Crippen LogP contribution in [0.1, 0.15) is 54.4 Å². The summed E-state index contributed by atoms with van der Waals surface area (Å²) in [5.41, 5.74) is -0.326. The third-order valence-corrected chi connectivity index (χ3v) is 3.45. The molecule has 0 aromatic carbocycles. The summed E-state index contributed by atoms with van der Waals surface area (Å²) in [6.07, 6.45) is 1.72. The highest BCUT2D eigenvalue weighted by Gasteiger charge is 2.52. The molecule has 0 bridgehead atoms. The molecule has 18 heavy (non-hydrogen) atoms. The van der Waals surface area contributed by atoms with E-state index in [0.717, 1.165) is 12.8 Å². The maximum Gasteiger partial charge on any atom is 0.410 e. The van der Waals surface area contributed by atoms with Crippen molar-refractivity contribution in [2.75, 3.05) is 0 Å². The molecule has 104 valence electrons. The molecule has 0 aromatic heterocycles. The Balaban J connectivity index is 2.06. The zero-order chi connectivity index (χ0) is 13.7. The van der Waals surface area contributed by atoms with Crippen LogP contribution in [-0.4, -0.2) is 40.4 Å². The van der Waals surface area contributed by atoms with E-state index in [1.54, 1.807) is 0 Å². The molecule has 3 unspecified atom stereocenters. The minimum Gasteiger partial charge on any atom is -0.444 e. The summed E-state index contributed by atoms with van der Waals surface area (Å²) in [4.78, 5) is 13.8. The molecule has 4 nitrogen and oxygen atoms in total. The topological polar surface area (TPSA) is 38.8 Å². The van der Waals surface area contributed by atoms with Crippen molar-refractivity contribution >= 4 is 6.09 Å². The fraction of sp³-hybridized carbons (Fsp3) is 0.929. The van der Waals surface area contributed by atoms with Gasteiger partial charge in [0.1, 0.15) is 6.10 Å². The van der Waals surface area contributed by atoms with E-state index in [0.29, 0.717) is 0 Å². The Kier molecular flexibility index (Phi) is 3.13. The second-order valence-electron chi connectivity index (χ2n) is 7.35. The summed E-state index contributed by atoms with van der Waals surface area (Å²) < 4.78 is 11.5. The predicted molar refractivity (Wildman–Crippen MR) is 69.5 cm³/mol. The van der Waals surface area contributed by atoms with Gasteiger partial charge in [-0.3, -0.25) is 4.90 Å². The summed E-state index contributed by atoms with van der Waals surface area (Å²) in [6.45, 7) is 12.3. The molecule has 0 spiro atoms. The van der Waals surface area contributed by atoms with Gasteiger partial charge in [0, 0.05) is 12.0 Å². The SMILES string of the molecule is CC(C)(C)OC1CC2OC(=O)N(C(C)(C)C)C2C1. The van der Waals surface area contributed by atoms with Gasteiger partial charge in [0.15, 0.2) is 0 Å². The lowest BCUT2D eigenvalue weighted by Crippen LogP contribution is -2.47. The molecule has 1 amide bonds. The second-order valence-corrected chi connectivity index (χ2v) is 7.35. The van der Waals surface area contributed by atoms with Crippen LogP contribution in [0.3, 0.4) is 0 Å². The van der Waals surface area contributed by atoms with Crippen molar-refractivity contribution in [2.45, 2.75) is 83.8 Å². The molecule has 2 rings (SSSR count). The standard InChI is InChI=1S/C14H25NO3/c1-13(2,3)15-10-7-9(18-14(4,5)6)8-11(10)17-12(15)16/h9-11H,7-8H2,1-6H3. The Morgan fingerprint density at radius 3 is 2.28 bits per heavy atom. The van der Waals surface area contributed by atoms with Crippen molar-refractivity contribution in [3.05, 3.63) is 0 Å². The van der Waals surface area contributed by atoms with E-state index in [-0.39, 0.29) is 35.5 Å². The molecular formula is C14H25NO3. The van der Waals surface area contributed by atoms with E-state index in [1.165, 1.54) is 0 Å². The highest BCUT2D eigenvalue weighted by molar-refractivity contribution is 5.72.